The summed E-state index contributed by atoms with van der Waals surface area (Å²) >= 11 is 0. The van der Waals surface area contributed by atoms with Gasteiger partial charge < -0.3 is 16.0 Å². The van der Waals surface area contributed by atoms with Crippen LogP contribution in [0.1, 0.15) is 22.8 Å². The predicted molar refractivity (Wildman–Crippen MR) is 80.9 cm³/mol. The molecule has 0 saturated carbocycles. The van der Waals surface area contributed by atoms with E-state index >= 15 is 0 Å². The van der Waals surface area contributed by atoms with E-state index in [1.165, 1.54) is 0 Å². The van der Waals surface area contributed by atoms with E-state index in [1.807, 2.05) is 19.9 Å². The summed E-state index contributed by atoms with van der Waals surface area (Å²) in [5.41, 5.74) is 2.10. The van der Waals surface area contributed by atoms with Crippen LogP contribution in [0.5, 0.6) is 0 Å². The molecule has 0 fully saturated rings. The molecule has 108 valence electrons. The van der Waals surface area contributed by atoms with Gasteiger partial charge in [0.15, 0.2) is 0 Å². The Hall–Kier alpha value is -2.14. The molecule has 0 aliphatic heterocycles. The van der Waals surface area contributed by atoms with Gasteiger partial charge in [0, 0.05) is 24.3 Å². The molecule has 0 aliphatic rings. The zero-order valence-corrected chi connectivity index (χ0v) is 12.0. The predicted octanol–water partition coefficient (Wildman–Crippen LogP) is 1.46. The third-order valence-electron chi connectivity index (χ3n) is 2.69. The molecule has 0 aromatic heterocycles. The smallest absolute Gasteiger partial charge is 0.251 e. The summed E-state index contributed by atoms with van der Waals surface area (Å²) in [6, 6.07) is 5.25. The van der Waals surface area contributed by atoms with Gasteiger partial charge in [0.2, 0.25) is 5.91 Å². The summed E-state index contributed by atoms with van der Waals surface area (Å²) < 4.78 is 0. The van der Waals surface area contributed by atoms with Gasteiger partial charge in [-0.3, -0.25) is 9.59 Å². The topological polar surface area (TPSA) is 70.2 Å². The van der Waals surface area contributed by atoms with Crippen LogP contribution in [-0.2, 0) is 4.79 Å². The van der Waals surface area contributed by atoms with Gasteiger partial charge in [0.05, 0.1) is 6.54 Å². The maximum absolute atomic E-state index is 11.8. The van der Waals surface area contributed by atoms with Crippen molar-refractivity contribution in [1.29, 1.82) is 0 Å². The molecule has 0 saturated heterocycles. The van der Waals surface area contributed by atoms with E-state index in [9.17, 15) is 9.59 Å². The highest BCUT2D eigenvalue weighted by molar-refractivity contribution is 5.98. The summed E-state index contributed by atoms with van der Waals surface area (Å²) in [4.78, 5) is 23.5. The van der Waals surface area contributed by atoms with E-state index in [2.05, 4.69) is 22.5 Å². The molecule has 3 N–H and O–H groups in total. The zero-order valence-electron chi connectivity index (χ0n) is 12.0. The van der Waals surface area contributed by atoms with Gasteiger partial charge in [-0.2, -0.15) is 0 Å². The number of hydrogen-bond donors (Lipinski definition) is 3. The number of aryl methyl sites for hydroxylation is 1. The highest BCUT2D eigenvalue weighted by Gasteiger charge is 2.09. The first-order valence-corrected chi connectivity index (χ1v) is 6.58. The van der Waals surface area contributed by atoms with Crippen LogP contribution < -0.4 is 16.0 Å². The molecule has 0 radical (unpaired) electrons. The van der Waals surface area contributed by atoms with Crippen molar-refractivity contribution in [2.75, 3.05) is 25.0 Å². The van der Waals surface area contributed by atoms with E-state index in [4.69, 9.17) is 0 Å². The fraction of sp³-hybridized carbons (Fsp3) is 0.333. The minimum absolute atomic E-state index is 0.146. The lowest BCUT2D eigenvalue weighted by molar-refractivity contribution is -0.115. The Bertz CT molecular complexity index is 498. The van der Waals surface area contributed by atoms with E-state index in [1.54, 1.807) is 18.2 Å². The van der Waals surface area contributed by atoms with Crippen LogP contribution >= 0.6 is 0 Å². The summed E-state index contributed by atoms with van der Waals surface area (Å²) in [6.07, 6.45) is 1.69. The maximum atomic E-state index is 11.8. The molecular weight excluding hydrogens is 254 g/mol. The Kier molecular flexibility index (Phi) is 6.46. The molecule has 1 rings (SSSR count). The minimum atomic E-state index is -0.150. The molecule has 5 nitrogen and oxygen atoms in total. The lowest BCUT2D eigenvalue weighted by Gasteiger charge is -2.11. The maximum Gasteiger partial charge on any atom is 0.251 e. The summed E-state index contributed by atoms with van der Waals surface area (Å²) in [6.45, 7) is 8.66. The molecule has 1 aromatic carbocycles. The number of carbonyl (C=O) groups is 2. The van der Waals surface area contributed by atoms with Gasteiger partial charge in [-0.25, -0.2) is 0 Å². The van der Waals surface area contributed by atoms with E-state index in [0.717, 1.165) is 5.56 Å². The van der Waals surface area contributed by atoms with Crippen molar-refractivity contribution >= 4 is 17.5 Å². The first-order chi connectivity index (χ1) is 9.58. The molecule has 0 aliphatic carbocycles. The largest absolute Gasteiger partial charge is 0.352 e. The fourth-order valence-corrected chi connectivity index (χ4v) is 1.64. The fourth-order valence-electron chi connectivity index (χ4n) is 1.64. The van der Waals surface area contributed by atoms with Crippen LogP contribution in [0, 0.1) is 6.92 Å². The Morgan fingerprint density at radius 3 is 2.75 bits per heavy atom. The van der Waals surface area contributed by atoms with Gasteiger partial charge in [0.1, 0.15) is 0 Å². The number of anilines is 1. The number of nitrogens with one attached hydrogen (secondary N) is 3. The van der Waals surface area contributed by atoms with Gasteiger partial charge in [-0.05, 0) is 31.5 Å². The molecule has 20 heavy (non-hydrogen) atoms. The van der Waals surface area contributed by atoms with Gasteiger partial charge in [-0.1, -0.05) is 12.1 Å². The number of amides is 2. The lowest BCUT2D eigenvalue weighted by atomic mass is 10.1. The van der Waals surface area contributed by atoms with Gasteiger partial charge in [-0.15, -0.1) is 6.58 Å². The van der Waals surface area contributed by atoms with E-state index < -0.39 is 0 Å². The highest BCUT2D eigenvalue weighted by Crippen LogP contribution is 2.16. The summed E-state index contributed by atoms with van der Waals surface area (Å²) in [5.74, 6) is -0.296. The highest BCUT2D eigenvalue weighted by atomic mass is 16.2. The second kappa shape index (κ2) is 8.12. The van der Waals surface area contributed by atoms with Gasteiger partial charge in [0.25, 0.3) is 5.91 Å². The number of benzene rings is 1. The first kappa shape index (κ1) is 15.9. The molecule has 0 spiro atoms. The standard InChI is InChI=1S/C15H21N3O2/c1-4-8-16-10-14(19)18-13-9-12(7-6-11(13)3)15(20)17-5-2/h4,6-7,9,16H,1,5,8,10H2,2-3H3,(H,17,20)(H,18,19). The molecule has 2 amide bonds. The second-order valence-corrected chi connectivity index (χ2v) is 4.36. The average molecular weight is 275 g/mol. The molecule has 0 unspecified atom stereocenters. The van der Waals surface area contributed by atoms with Crippen molar-refractivity contribution < 1.29 is 9.59 Å². The van der Waals surface area contributed by atoms with Crippen LogP contribution in [0.4, 0.5) is 5.69 Å². The lowest BCUT2D eigenvalue weighted by Crippen LogP contribution is -2.28. The zero-order chi connectivity index (χ0) is 15.0. The molecule has 0 atom stereocenters. The molecule has 5 heteroatoms. The number of carbonyl (C=O) groups excluding carboxylic acids is 2. The van der Waals surface area contributed by atoms with Crippen LogP contribution in [0.3, 0.4) is 0 Å². The summed E-state index contributed by atoms with van der Waals surface area (Å²) in [5, 5.41) is 8.44. The normalized spacial score (nSPS) is 9.90. The summed E-state index contributed by atoms with van der Waals surface area (Å²) in [7, 11) is 0. The molecule has 0 bridgehead atoms. The van der Waals surface area contributed by atoms with Crippen LogP contribution in [0.15, 0.2) is 30.9 Å². The van der Waals surface area contributed by atoms with Crippen molar-refractivity contribution in [3.63, 3.8) is 0 Å². The first-order valence-electron chi connectivity index (χ1n) is 6.58. The molecule has 1 aromatic rings. The van der Waals surface area contributed by atoms with Crippen molar-refractivity contribution in [2.45, 2.75) is 13.8 Å². The molecular formula is C15H21N3O2. The van der Waals surface area contributed by atoms with E-state index in [-0.39, 0.29) is 18.4 Å². The number of hydrogen-bond acceptors (Lipinski definition) is 3. The van der Waals surface area contributed by atoms with Crippen molar-refractivity contribution in [2.24, 2.45) is 0 Å². The van der Waals surface area contributed by atoms with Crippen molar-refractivity contribution in [3.8, 4) is 0 Å². The second-order valence-electron chi connectivity index (χ2n) is 4.36. The van der Waals surface area contributed by atoms with Crippen molar-refractivity contribution in [1.82, 2.24) is 10.6 Å². The third-order valence-corrected chi connectivity index (χ3v) is 2.69. The van der Waals surface area contributed by atoms with Crippen LogP contribution in [0.25, 0.3) is 0 Å². The Balaban J connectivity index is 2.73. The van der Waals surface area contributed by atoms with Crippen molar-refractivity contribution in [3.05, 3.63) is 42.0 Å². The number of rotatable bonds is 7. The minimum Gasteiger partial charge on any atom is -0.352 e. The Morgan fingerprint density at radius 2 is 2.10 bits per heavy atom. The van der Waals surface area contributed by atoms with E-state index in [0.29, 0.717) is 24.3 Å². The van der Waals surface area contributed by atoms with Gasteiger partial charge >= 0.3 is 0 Å². The van der Waals surface area contributed by atoms with Crippen LogP contribution in [-0.4, -0.2) is 31.4 Å². The van der Waals surface area contributed by atoms with Crippen LogP contribution in [0.2, 0.25) is 0 Å². The Labute approximate surface area is 119 Å². The SMILES string of the molecule is C=CCNCC(=O)Nc1cc(C(=O)NCC)ccc1C. The average Bonchev–Trinajstić information content (AvgIpc) is 2.42. The molecule has 0 heterocycles. The third kappa shape index (κ3) is 4.85. The Morgan fingerprint density at radius 1 is 1.35 bits per heavy atom. The quantitative estimate of drug-likeness (QED) is 0.521. The monoisotopic (exact) mass is 275 g/mol.